The van der Waals surface area contributed by atoms with E-state index in [1.54, 1.807) is 41.2 Å². The maximum Gasteiger partial charge on any atom is 0.166 e. The molecular formula is C18H16FN7. The van der Waals surface area contributed by atoms with Crippen molar-refractivity contribution in [1.29, 1.82) is 0 Å². The van der Waals surface area contributed by atoms with Crippen LogP contribution >= 0.6 is 0 Å². The van der Waals surface area contributed by atoms with Crippen LogP contribution in [0, 0.1) is 5.82 Å². The summed E-state index contributed by atoms with van der Waals surface area (Å²) in [6, 6.07) is 9.86. The van der Waals surface area contributed by atoms with E-state index in [4.69, 9.17) is 5.73 Å². The Hall–Kier alpha value is -3.55. The molecule has 0 aliphatic rings. The van der Waals surface area contributed by atoms with Gasteiger partial charge >= 0.3 is 0 Å². The van der Waals surface area contributed by atoms with Gasteiger partial charge in [0.15, 0.2) is 11.5 Å². The number of nitrogen functional groups attached to an aromatic ring is 1. The monoisotopic (exact) mass is 349 g/mol. The molecule has 8 heteroatoms. The number of halogens is 1. The van der Waals surface area contributed by atoms with Crippen molar-refractivity contribution in [3.05, 3.63) is 66.5 Å². The second kappa shape index (κ2) is 6.40. The van der Waals surface area contributed by atoms with Gasteiger partial charge in [0.2, 0.25) is 0 Å². The summed E-state index contributed by atoms with van der Waals surface area (Å²) in [5.41, 5.74) is 8.91. The van der Waals surface area contributed by atoms with Crippen LogP contribution in [0.25, 0.3) is 16.9 Å². The van der Waals surface area contributed by atoms with Crippen molar-refractivity contribution in [3.63, 3.8) is 0 Å². The van der Waals surface area contributed by atoms with E-state index in [0.29, 0.717) is 28.5 Å². The van der Waals surface area contributed by atoms with Crippen molar-refractivity contribution in [2.45, 2.75) is 13.0 Å². The molecule has 1 atom stereocenters. The van der Waals surface area contributed by atoms with Crippen molar-refractivity contribution in [2.24, 2.45) is 0 Å². The van der Waals surface area contributed by atoms with E-state index in [-0.39, 0.29) is 11.9 Å². The quantitative estimate of drug-likeness (QED) is 0.588. The van der Waals surface area contributed by atoms with Gasteiger partial charge in [-0.3, -0.25) is 0 Å². The molecule has 7 nitrogen and oxygen atoms in total. The van der Waals surface area contributed by atoms with Crippen LogP contribution < -0.4 is 11.1 Å². The molecule has 0 bridgehead atoms. The fourth-order valence-electron chi connectivity index (χ4n) is 2.78. The first kappa shape index (κ1) is 15.9. The molecule has 0 saturated carbocycles. The van der Waals surface area contributed by atoms with Gasteiger partial charge < -0.3 is 11.1 Å². The molecule has 1 aromatic carbocycles. The molecule has 0 aliphatic heterocycles. The Morgan fingerprint density at radius 3 is 2.77 bits per heavy atom. The van der Waals surface area contributed by atoms with Gasteiger partial charge in [0, 0.05) is 24.5 Å². The molecule has 0 radical (unpaired) electrons. The Morgan fingerprint density at radius 2 is 1.96 bits per heavy atom. The number of aromatic nitrogens is 5. The van der Waals surface area contributed by atoms with Gasteiger partial charge in [0.1, 0.15) is 18.0 Å². The predicted molar refractivity (Wildman–Crippen MR) is 96.9 cm³/mol. The Labute approximate surface area is 148 Å². The summed E-state index contributed by atoms with van der Waals surface area (Å²) in [5.74, 6) is 0.711. The largest absolute Gasteiger partial charge is 0.382 e. The zero-order valence-corrected chi connectivity index (χ0v) is 14.0. The van der Waals surface area contributed by atoms with Gasteiger partial charge in [0.05, 0.1) is 11.3 Å². The summed E-state index contributed by atoms with van der Waals surface area (Å²) < 4.78 is 14.7. The van der Waals surface area contributed by atoms with Crippen molar-refractivity contribution in [3.8, 4) is 11.3 Å². The minimum Gasteiger partial charge on any atom is -0.382 e. The zero-order valence-electron chi connectivity index (χ0n) is 14.0. The second-order valence-corrected chi connectivity index (χ2v) is 5.85. The fraction of sp³-hybridized carbons (Fsp3) is 0.111. The summed E-state index contributed by atoms with van der Waals surface area (Å²) in [6.07, 6.45) is 4.91. The lowest BCUT2D eigenvalue weighted by Gasteiger charge is -2.15. The number of anilines is 2. The second-order valence-electron chi connectivity index (χ2n) is 5.85. The topological polar surface area (TPSA) is 94.0 Å². The van der Waals surface area contributed by atoms with Crippen LogP contribution in [0.15, 0.2) is 55.1 Å². The fourth-order valence-corrected chi connectivity index (χ4v) is 2.78. The van der Waals surface area contributed by atoms with Gasteiger partial charge in [-0.05, 0) is 30.7 Å². The number of nitrogens with zero attached hydrogens (tertiary/aromatic N) is 5. The highest BCUT2D eigenvalue weighted by Crippen LogP contribution is 2.29. The number of hydrogen-bond acceptors (Lipinski definition) is 6. The van der Waals surface area contributed by atoms with Crippen LogP contribution in [0.1, 0.15) is 18.5 Å². The van der Waals surface area contributed by atoms with Crippen molar-refractivity contribution in [2.75, 3.05) is 11.1 Å². The van der Waals surface area contributed by atoms with E-state index in [9.17, 15) is 4.39 Å². The minimum absolute atomic E-state index is 0.0577. The van der Waals surface area contributed by atoms with Crippen LogP contribution in [-0.2, 0) is 0 Å². The molecule has 0 saturated heterocycles. The first-order valence-corrected chi connectivity index (χ1v) is 8.05. The van der Waals surface area contributed by atoms with Crippen LogP contribution in [0.5, 0.6) is 0 Å². The highest BCUT2D eigenvalue weighted by Gasteiger charge is 2.16. The third-order valence-electron chi connectivity index (χ3n) is 4.08. The highest BCUT2D eigenvalue weighted by atomic mass is 19.1. The molecule has 0 amide bonds. The van der Waals surface area contributed by atoms with E-state index >= 15 is 0 Å². The molecule has 3 aromatic heterocycles. The SMILES string of the molecule is C[C@H](Nc1cc(-c2c(N)nn3cccnc23)ncn1)c1ccc(F)cc1. The Bertz CT molecular complexity index is 1060. The molecule has 0 spiro atoms. The highest BCUT2D eigenvalue weighted by molar-refractivity contribution is 5.84. The zero-order chi connectivity index (χ0) is 18.1. The van der Waals surface area contributed by atoms with E-state index in [1.807, 2.05) is 6.92 Å². The van der Waals surface area contributed by atoms with Crippen molar-refractivity contribution in [1.82, 2.24) is 24.6 Å². The number of fused-ring (bicyclic) bond motifs is 1. The average Bonchev–Trinajstić information content (AvgIpc) is 2.98. The number of nitrogens with two attached hydrogens (primary N) is 1. The van der Waals surface area contributed by atoms with Gasteiger partial charge in [0.25, 0.3) is 0 Å². The molecule has 3 heterocycles. The molecule has 4 aromatic rings. The van der Waals surface area contributed by atoms with Crippen LogP contribution in [0.4, 0.5) is 16.0 Å². The van der Waals surface area contributed by atoms with E-state index in [0.717, 1.165) is 5.56 Å². The standard InChI is InChI=1S/C18H16FN7/c1-11(12-3-5-13(19)6-4-12)24-15-9-14(22-10-23-15)16-17(20)25-26-8-2-7-21-18(16)26/h2-11H,1H3,(H2,20,25)(H,22,23,24)/t11-/m0/s1. The maximum atomic E-state index is 13.1. The van der Waals surface area contributed by atoms with Crippen LogP contribution in [0.2, 0.25) is 0 Å². The number of benzene rings is 1. The van der Waals surface area contributed by atoms with Gasteiger partial charge in [-0.2, -0.15) is 0 Å². The minimum atomic E-state index is -0.263. The van der Waals surface area contributed by atoms with Gasteiger partial charge in [-0.1, -0.05) is 12.1 Å². The molecular weight excluding hydrogens is 333 g/mol. The average molecular weight is 349 g/mol. The predicted octanol–water partition coefficient (Wildman–Crippen LogP) is 3.08. The van der Waals surface area contributed by atoms with Crippen molar-refractivity contribution >= 4 is 17.3 Å². The van der Waals surface area contributed by atoms with Crippen molar-refractivity contribution < 1.29 is 4.39 Å². The van der Waals surface area contributed by atoms with Gasteiger partial charge in [-0.25, -0.2) is 23.9 Å². The third-order valence-corrected chi connectivity index (χ3v) is 4.08. The molecule has 4 rings (SSSR count). The number of rotatable bonds is 4. The lowest BCUT2D eigenvalue weighted by atomic mass is 10.1. The molecule has 26 heavy (non-hydrogen) atoms. The number of hydrogen-bond donors (Lipinski definition) is 2. The summed E-state index contributed by atoms with van der Waals surface area (Å²) in [5, 5.41) is 7.54. The smallest absolute Gasteiger partial charge is 0.166 e. The Kier molecular flexibility index (Phi) is 3.92. The van der Waals surface area contributed by atoms with E-state index in [1.165, 1.54) is 18.5 Å². The number of nitrogens with one attached hydrogen (secondary N) is 1. The van der Waals surface area contributed by atoms with E-state index in [2.05, 4.69) is 25.4 Å². The lowest BCUT2D eigenvalue weighted by molar-refractivity contribution is 0.626. The molecule has 3 N–H and O–H groups in total. The first-order valence-electron chi connectivity index (χ1n) is 8.05. The maximum absolute atomic E-state index is 13.1. The third kappa shape index (κ3) is 2.92. The Morgan fingerprint density at radius 1 is 1.15 bits per heavy atom. The summed E-state index contributed by atoms with van der Waals surface area (Å²) in [6.45, 7) is 1.97. The molecule has 0 unspecified atom stereocenters. The van der Waals surface area contributed by atoms with Crippen LogP contribution in [0.3, 0.4) is 0 Å². The lowest BCUT2D eigenvalue weighted by Crippen LogP contribution is -2.08. The molecule has 0 aliphatic carbocycles. The first-order chi connectivity index (χ1) is 12.6. The normalized spacial score (nSPS) is 12.2. The summed E-state index contributed by atoms with van der Waals surface area (Å²) in [7, 11) is 0. The summed E-state index contributed by atoms with van der Waals surface area (Å²) >= 11 is 0. The van der Waals surface area contributed by atoms with Gasteiger partial charge in [-0.15, -0.1) is 5.10 Å². The summed E-state index contributed by atoms with van der Waals surface area (Å²) in [4.78, 5) is 12.9. The molecule has 0 fully saturated rings. The molecule has 130 valence electrons. The van der Waals surface area contributed by atoms with Crippen LogP contribution in [-0.4, -0.2) is 24.6 Å². The van der Waals surface area contributed by atoms with E-state index < -0.39 is 0 Å². The Balaban J connectivity index is 1.66.